The van der Waals surface area contributed by atoms with Gasteiger partial charge in [-0.15, -0.1) is 0 Å². The summed E-state index contributed by atoms with van der Waals surface area (Å²) in [6.07, 6.45) is 1.51. The Morgan fingerprint density at radius 1 is 1.14 bits per heavy atom. The van der Waals surface area contributed by atoms with Crippen molar-refractivity contribution in [1.82, 2.24) is 10.2 Å². The van der Waals surface area contributed by atoms with Crippen molar-refractivity contribution in [2.45, 2.75) is 31.7 Å². The molecule has 2 aliphatic rings. The lowest BCUT2D eigenvalue weighted by Gasteiger charge is -2.43. The minimum absolute atomic E-state index is 0.149. The minimum atomic E-state index is -1.08. The minimum Gasteiger partial charge on any atom is -0.277 e. The van der Waals surface area contributed by atoms with E-state index >= 15 is 0 Å². The molecule has 2 fully saturated rings. The third-order valence-corrected chi connectivity index (χ3v) is 4.11. The summed E-state index contributed by atoms with van der Waals surface area (Å²) in [6, 6.07) is 4.39. The van der Waals surface area contributed by atoms with Gasteiger partial charge in [-0.1, -0.05) is 19.1 Å². The zero-order valence-electron chi connectivity index (χ0n) is 11.5. The summed E-state index contributed by atoms with van der Waals surface area (Å²) < 4.78 is 13.0. The summed E-state index contributed by atoms with van der Waals surface area (Å²) in [7, 11) is 0. The molecular formula is C15H15FN2O3. The third-order valence-electron chi connectivity index (χ3n) is 4.11. The first-order valence-corrected chi connectivity index (χ1v) is 6.90. The summed E-state index contributed by atoms with van der Waals surface area (Å²) in [5.41, 5.74) is 0.392. The SMILES string of the molecule is CC1CC(N2C(=O)NC(=O)C(c3ccc(F)cc3)C2=O)C1. The smallest absolute Gasteiger partial charge is 0.277 e. The molecule has 4 amide bonds. The molecule has 0 spiro atoms. The predicted octanol–water partition coefficient (Wildman–Crippen LogP) is 1.79. The standard InChI is InChI=1S/C15H15FN2O3/c1-8-6-11(7-8)18-14(20)12(13(19)17-15(18)21)9-2-4-10(16)5-3-9/h2-5,8,11-12H,6-7H2,1H3,(H,17,19,21). The van der Waals surface area contributed by atoms with E-state index in [-0.39, 0.29) is 6.04 Å². The van der Waals surface area contributed by atoms with Gasteiger partial charge in [0, 0.05) is 6.04 Å². The van der Waals surface area contributed by atoms with Gasteiger partial charge < -0.3 is 0 Å². The highest BCUT2D eigenvalue weighted by Gasteiger charge is 2.46. The number of barbiturate groups is 1. The Hall–Kier alpha value is -2.24. The lowest BCUT2D eigenvalue weighted by Crippen LogP contribution is -2.62. The van der Waals surface area contributed by atoms with Crippen molar-refractivity contribution in [2.24, 2.45) is 5.92 Å². The number of carbonyl (C=O) groups is 3. The van der Waals surface area contributed by atoms with Crippen LogP contribution in [0.3, 0.4) is 0 Å². The summed E-state index contributed by atoms with van der Waals surface area (Å²) in [5.74, 6) is -2.23. The van der Waals surface area contributed by atoms with Crippen LogP contribution in [-0.4, -0.2) is 28.8 Å². The zero-order valence-corrected chi connectivity index (χ0v) is 11.5. The highest BCUT2D eigenvalue weighted by Crippen LogP contribution is 2.34. The Bertz CT molecular complexity index is 608. The number of hydrogen-bond acceptors (Lipinski definition) is 3. The van der Waals surface area contributed by atoms with Gasteiger partial charge in [0.05, 0.1) is 0 Å². The van der Waals surface area contributed by atoms with Gasteiger partial charge in [-0.05, 0) is 36.5 Å². The third kappa shape index (κ3) is 2.30. The molecule has 1 aromatic carbocycles. The van der Waals surface area contributed by atoms with Crippen LogP contribution in [0, 0.1) is 11.7 Å². The number of amides is 4. The number of urea groups is 1. The van der Waals surface area contributed by atoms with Crippen molar-refractivity contribution >= 4 is 17.8 Å². The molecular weight excluding hydrogens is 275 g/mol. The Kier molecular flexibility index (Phi) is 3.23. The van der Waals surface area contributed by atoms with Gasteiger partial charge in [0.25, 0.3) is 0 Å². The van der Waals surface area contributed by atoms with Crippen LogP contribution in [0.25, 0.3) is 0 Å². The number of rotatable bonds is 2. The fraction of sp³-hybridized carbons (Fsp3) is 0.400. The second kappa shape index (κ2) is 4.95. The molecule has 0 radical (unpaired) electrons. The van der Waals surface area contributed by atoms with Gasteiger partial charge in [-0.2, -0.15) is 0 Å². The molecule has 1 aromatic rings. The van der Waals surface area contributed by atoms with Crippen LogP contribution in [0.4, 0.5) is 9.18 Å². The number of carbonyl (C=O) groups excluding carboxylic acids is 3. The topological polar surface area (TPSA) is 66.5 Å². The van der Waals surface area contributed by atoms with Crippen LogP contribution in [-0.2, 0) is 9.59 Å². The van der Waals surface area contributed by atoms with Crippen LogP contribution in [0.1, 0.15) is 31.2 Å². The first-order chi connectivity index (χ1) is 9.97. The largest absolute Gasteiger partial charge is 0.331 e. The van der Waals surface area contributed by atoms with Crippen molar-refractivity contribution in [1.29, 1.82) is 0 Å². The van der Waals surface area contributed by atoms with Crippen molar-refractivity contribution in [3.05, 3.63) is 35.6 Å². The lowest BCUT2D eigenvalue weighted by atomic mass is 9.80. The van der Waals surface area contributed by atoms with Gasteiger partial charge >= 0.3 is 6.03 Å². The van der Waals surface area contributed by atoms with E-state index in [1.165, 1.54) is 24.3 Å². The van der Waals surface area contributed by atoms with Crippen molar-refractivity contribution in [3.63, 3.8) is 0 Å². The Labute approximate surface area is 121 Å². The van der Waals surface area contributed by atoms with E-state index in [1.54, 1.807) is 0 Å². The fourth-order valence-electron chi connectivity index (χ4n) is 2.95. The molecule has 0 bridgehead atoms. The first-order valence-electron chi connectivity index (χ1n) is 6.90. The molecule has 110 valence electrons. The summed E-state index contributed by atoms with van der Waals surface area (Å²) in [5, 5.41) is 2.22. The second-order valence-corrected chi connectivity index (χ2v) is 5.72. The van der Waals surface area contributed by atoms with Gasteiger partial charge in [-0.25, -0.2) is 9.18 Å². The molecule has 6 heteroatoms. The quantitative estimate of drug-likeness (QED) is 0.844. The molecule has 1 saturated carbocycles. The number of nitrogens with zero attached hydrogens (tertiary/aromatic N) is 1. The molecule has 3 rings (SSSR count). The molecule has 1 aliphatic heterocycles. The number of nitrogens with one attached hydrogen (secondary N) is 1. The molecule has 5 nitrogen and oxygen atoms in total. The van der Waals surface area contributed by atoms with Crippen molar-refractivity contribution < 1.29 is 18.8 Å². The van der Waals surface area contributed by atoms with Crippen molar-refractivity contribution in [3.8, 4) is 0 Å². The van der Waals surface area contributed by atoms with Crippen LogP contribution < -0.4 is 5.32 Å². The van der Waals surface area contributed by atoms with E-state index in [0.29, 0.717) is 11.5 Å². The van der Waals surface area contributed by atoms with Crippen LogP contribution >= 0.6 is 0 Å². The number of benzene rings is 1. The van der Waals surface area contributed by atoms with E-state index in [4.69, 9.17) is 0 Å². The average Bonchev–Trinajstić information content (AvgIpc) is 2.38. The van der Waals surface area contributed by atoms with Crippen LogP contribution in [0.2, 0.25) is 0 Å². The molecule has 1 aliphatic carbocycles. The summed E-state index contributed by atoms with van der Waals surface area (Å²) >= 11 is 0. The van der Waals surface area contributed by atoms with Gasteiger partial charge in [-0.3, -0.25) is 19.8 Å². The average molecular weight is 290 g/mol. The summed E-state index contributed by atoms with van der Waals surface area (Å²) in [6.45, 7) is 2.05. The normalized spacial score (nSPS) is 29.1. The van der Waals surface area contributed by atoms with Crippen LogP contribution in [0.15, 0.2) is 24.3 Å². The Balaban J connectivity index is 1.89. The maximum Gasteiger partial charge on any atom is 0.331 e. The Morgan fingerprint density at radius 2 is 1.76 bits per heavy atom. The molecule has 1 heterocycles. The molecule has 21 heavy (non-hydrogen) atoms. The number of hydrogen-bond donors (Lipinski definition) is 1. The molecule has 1 saturated heterocycles. The first kappa shape index (κ1) is 13.7. The zero-order chi connectivity index (χ0) is 15.1. The van der Waals surface area contributed by atoms with E-state index in [9.17, 15) is 18.8 Å². The van der Waals surface area contributed by atoms with E-state index < -0.39 is 29.6 Å². The van der Waals surface area contributed by atoms with Gasteiger partial charge in [0.15, 0.2) is 0 Å². The maximum atomic E-state index is 13.0. The molecule has 1 N–H and O–H groups in total. The lowest BCUT2D eigenvalue weighted by molar-refractivity contribution is -0.141. The van der Waals surface area contributed by atoms with E-state index in [0.717, 1.165) is 17.7 Å². The monoisotopic (exact) mass is 290 g/mol. The van der Waals surface area contributed by atoms with E-state index in [1.807, 2.05) is 6.92 Å². The fourth-order valence-corrected chi connectivity index (χ4v) is 2.95. The Morgan fingerprint density at radius 3 is 2.33 bits per heavy atom. The van der Waals surface area contributed by atoms with E-state index in [2.05, 4.69) is 5.32 Å². The van der Waals surface area contributed by atoms with Crippen molar-refractivity contribution in [2.75, 3.05) is 0 Å². The molecule has 1 atom stereocenters. The molecule has 0 aromatic heterocycles. The van der Waals surface area contributed by atoms with Crippen LogP contribution in [0.5, 0.6) is 0 Å². The highest BCUT2D eigenvalue weighted by molar-refractivity contribution is 6.19. The number of halogens is 1. The second-order valence-electron chi connectivity index (χ2n) is 5.72. The summed E-state index contributed by atoms with van der Waals surface area (Å²) in [4.78, 5) is 37.5. The molecule has 1 unspecified atom stereocenters. The highest BCUT2D eigenvalue weighted by atomic mass is 19.1. The van der Waals surface area contributed by atoms with Gasteiger partial charge in [0.2, 0.25) is 11.8 Å². The predicted molar refractivity (Wildman–Crippen MR) is 71.7 cm³/mol. The van der Waals surface area contributed by atoms with Gasteiger partial charge in [0.1, 0.15) is 11.7 Å². The number of imide groups is 2. The maximum absolute atomic E-state index is 13.0.